The highest BCUT2D eigenvalue weighted by Crippen LogP contribution is 2.33. The number of aromatic nitrogens is 2. The topological polar surface area (TPSA) is 52.0 Å². The van der Waals surface area contributed by atoms with Gasteiger partial charge in [0.15, 0.2) is 9.84 Å². The molecule has 1 aromatic heterocycles. The number of nitrogens with zero attached hydrogens (tertiary/aromatic N) is 2. The first-order chi connectivity index (χ1) is 9.65. The van der Waals surface area contributed by atoms with Crippen LogP contribution >= 0.6 is 0 Å². The Hall–Kier alpha value is -1.83. The molecule has 1 heterocycles. The Bertz CT molecular complexity index is 764. The van der Waals surface area contributed by atoms with Gasteiger partial charge in [-0.25, -0.2) is 13.1 Å². The molecule has 0 amide bonds. The van der Waals surface area contributed by atoms with Crippen molar-refractivity contribution in [1.82, 2.24) is 9.78 Å². The van der Waals surface area contributed by atoms with Crippen LogP contribution in [0.3, 0.4) is 0 Å². The number of hydrogen-bond donors (Lipinski definition) is 0. The van der Waals surface area contributed by atoms with Crippen LogP contribution in [0.2, 0.25) is 0 Å². The van der Waals surface area contributed by atoms with Gasteiger partial charge < -0.3 is 0 Å². The second-order valence-electron chi connectivity index (χ2n) is 4.55. The molecule has 114 valence electrons. The smallest absolute Gasteiger partial charge is 0.239 e. The maximum absolute atomic E-state index is 12.8. The van der Waals surface area contributed by atoms with Crippen LogP contribution in [-0.4, -0.2) is 24.0 Å². The third-order valence-electron chi connectivity index (χ3n) is 2.96. The molecule has 0 bridgehead atoms. The van der Waals surface area contributed by atoms with E-state index in [1.165, 1.54) is 17.8 Å². The lowest BCUT2D eigenvalue weighted by atomic mass is 10.2. The van der Waals surface area contributed by atoms with E-state index in [-0.39, 0.29) is 16.3 Å². The fraction of sp³-hybridized carbons (Fsp3) is 0.308. The third kappa shape index (κ3) is 3.10. The Kier molecular flexibility index (Phi) is 3.83. The Balaban J connectivity index is 2.72. The summed E-state index contributed by atoms with van der Waals surface area (Å²) in [6.45, 7) is 3.13. The van der Waals surface area contributed by atoms with Crippen LogP contribution in [0, 0.1) is 6.92 Å². The van der Waals surface area contributed by atoms with E-state index >= 15 is 0 Å². The molecule has 2 rings (SSSR count). The highest BCUT2D eigenvalue weighted by atomic mass is 32.2. The van der Waals surface area contributed by atoms with Crippen LogP contribution in [-0.2, 0) is 16.0 Å². The number of hydrogen-bond acceptors (Lipinski definition) is 3. The van der Waals surface area contributed by atoms with Gasteiger partial charge in [-0.3, -0.25) is 0 Å². The van der Waals surface area contributed by atoms with E-state index in [1.807, 2.05) is 0 Å². The maximum atomic E-state index is 12.8. The van der Waals surface area contributed by atoms with Gasteiger partial charge >= 0.3 is 6.18 Å². The van der Waals surface area contributed by atoms with Gasteiger partial charge in [0.1, 0.15) is 0 Å². The van der Waals surface area contributed by atoms with E-state index < -0.39 is 21.6 Å². The van der Waals surface area contributed by atoms with Crippen LogP contribution in [0.4, 0.5) is 13.2 Å². The Morgan fingerprint density at radius 1 is 1.29 bits per heavy atom. The molecular formula is C13H13F3N2O2S. The highest BCUT2D eigenvalue weighted by molar-refractivity contribution is 7.91. The van der Waals surface area contributed by atoms with Gasteiger partial charge in [0.25, 0.3) is 0 Å². The lowest BCUT2D eigenvalue weighted by Crippen LogP contribution is -2.13. The predicted molar refractivity (Wildman–Crippen MR) is 71.0 cm³/mol. The molecule has 0 saturated carbocycles. The SMILES string of the molecule is CCS(=O)(=O)c1cc(C(F)(F)F)ccc1-n1cc(C)cn1. The molecule has 0 aliphatic heterocycles. The molecule has 0 saturated heterocycles. The van der Waals surface area contributed by atoms with Gasteiger partial charge in [-0.15, -0.1) is 0 Å². The van der Waals surface area contributed by atoms with Gasteiger partial charge in [-0.05, 0) is 30.7 Å². The largest absolute Gasteiger partial charge is 0.416 e. The van der Waals surface area contributed by atoms with E-state index in [2.05, 4.69) is 5.10 Å². The van der Waals surface area contributed by atoms with Crippen LogP contribution in [0.1, 0.15) is 18.1 Å². The van der Waals surface area contributed by atoms with Gasteiger partial charge in [0.05, 0.1) is 28.1 Å². The fourth-order valence-electron chi connectivity index (χ4n) is 1.83. The summed E-state index contributed by atoms with van der Waals surface area (Å²) < 4.78 is 63.8. The van der Waals surface area contributed by atoms with E-state index in [9.17, 15) is 21.6 Å². The molecular weight excluding hydrogens is 305 g/mol. The molecule has 0 atom stereocenters. The molecule has 1 aromatic carbocycles. The summed E-state index contributed by atoms with van der Waals surface area (Å²) in [4.78, 5) is -0.372. The molecule has 0 aliphatic carbocycles. The summed E-state index contributed by atoms with van der Waals surface area (Å²) >= 11 is 0. The standard InChI is InChI=1S/C13H13F3N2O2S/c1-3-21(19,20)12-6-10(13(14,15)16)4-5-11(12)18-8-9(2)7-17-18/h4-8H,3H2,1-2H3. The summed E-state index contributed by atoms with van der Waals surface area (Å²) in [7, 11) is -3.81. The second kappa shape index (κ2) is 5.18. The number of aryl methyl sites for hydroxylation is 1. The minimum Gasteiger partial charge on any atom is -0.239 e. The van der Waals surface area contributed by atoms with Crippen LogP contribution in [0.15, 0.2) is 35.5 Å². The van der Waals surface area contributed by atoms with Crippen LogP contribution < -0.4 is 0 Å². The first-order valence-corrected chi connectivity index (χ1v) is 7.76. The maximum Gasteiger partial charge on any atom is 0.416 e. The highest BCUT2D eigenvalue weighted by Gasteiger charge is 2.33. The number of alkyl halides is 3. The van der Waals surface area contributed by atoms with Gasteiger partial charge in [-0.1, -0.05) is 6.92 Å². The lowest BCUT2D eigenvalue weighted by molar-refractivity contribution is -0.137. The zero-order valence-electron chi connectivity index (χ0n) is 11.3. The van der Waals surface area contributed by atoms with E-state index in [4.69, 9.17) is 0 Å². The molecule has 0 aliphatic rings. The molecule has 4 nitrogen and oxygen atoms in total. The monoisotopic (exact) mass is 318 g/mol. The molecule has 2 aromatic rings. The Labute approximate surface area is 120 Å². The normalized spacial score (nSPS) is 12.6. The summed E-state index contributed by atoms with van der Waals surface area (Å²) in [5, 5.41) is 3.96. The van der Waals surface area contributed by atoms with E-state index in [0.29, 0.717) is 6.07 Å². The molecule has 0 radical (unpaired) electrons. The molecule has 8 heteroatoms. The quantitative estimate of drug-likeness (QED) is 0.874. The molecule has 0 spiro atoms. The zero-order valence-corrected chi connectivity index (χ0v) is 12.2. The second-order valence-corrected chi connectivity index (χ2v) is 6.79. The van der Waals surface area contributed by atoms with Crippen LogP contribution in [0.25, 0.3) is 5.69 Å². The van der Waals surface area contributed by atoms with Crippen molar-refractivity contribution in [3.05, 3.63) is 41.7 Å². The zero-order chi connectivity index (χ0) is 15.8. The minimum atomic E-state index is -4.60. The van der Waals surface area contributed by atoms with E-state index in [1.54, 1.807) is 13.1 Å². The van der Waals surface area contributed by atoms with Crippen molar-refractivity contribution in [2.75, 3.05) is 5.75 Å². The van der Waals surface area contributed by atoms with Crippen molar-refractivity contribution in [1.29, 1.82) is 0 Å². The average Bonchev–Trinajstić information content (AvgIpc) is 2.83. The van der Waals surface area contributed by atoms with Gasteiger partial charge in [-0.2, -0.15) is 18.3 Å². The van der Waals surface area contributed by atoms with Gasteiger partial charge in [0, 0.05) is 6.20 Å². The minimum absolute atomic E-state index is 0.109. The summed E-state index contributed by atoms with van der Waals surface area (Å²) in [6, 6.07) is 2.63. The first kappa shape index (κ1) is 15.6. The lowest BCUT2D eigenvalue weighted by Gasteiger charge is -2.13. The molecule has 0 N–H and O–H groups in total. The number of halogens is 3. The predicted octanol–water partition coefficient (Wildman–Crippen LogP) is 2.99. The van der Waals surface area contributed by atoms with Gasteiger partial charge in [0.2, 0.25) is 0 Å². The van der Waals surface area contributed by atoms with Crippen molar-refractivity contribution < 1.29 is 21.6 Å². The summed E-state index contributed by atoms with van der Waals surface area (Å²) in [5.74, 6) is -0.290. The Morgan fingerprint density at radius 2 is 1.95 bits per heavy atom. The first-order valence-electron chi connectivity index (χ1n) is 6.11. The Morgan fingerprint density at radius 3 is 2.43 bits per heavy atom. The number of sulfone groups is 1. The van der Waals surface area contributed by atoms with Crippen molar-refractivity contribution in [3.63, 3.8) is 0 Å². The summed E-state index contributed by atoms with van der Waals surface area (Å²) in [6.07, 6.45) is -1.55. The van der Waals surface area contributed by atoms with Crippen molar-refractivity contribution in [2.24, 2.45) is 0 Å². The van der Waals surface area contributed by atoms with Crippen molar-refractivity contribution in [2.45, 2.75) is 24.9 Å². The van der Waals surface area contributed by atoms with Crippen molar-refractivity contribution in [3.8, 4) is 5.69 Å². The average molecular weight is 318 g/mol. The molecule has 21 heavy (non-hydrogen) atoms. The number of benzene rings is 1. The summed E-state index contributed by atoms with van der Waals surface area (Å²) in [5.41, 5.74) is -0.116. The van der Waals surface area contributed by atoms with E-state index in [0.717, 1.165) is 17.7 Å². The van der Waals surface area contributed by atoms with Crippen molar-refractivity contribution >= 4 is 9.84 Å². The fourth-order valence-corrected chi connectivity index (χ4v) is 2.93. The molecule has 0 fully saturated rings. The molecule has 0 unspecified atom stereocenters. The van der Waals surface area contributed by atoms with Crippen LogP contribution in [0.5, 0.6) is 0 Å². The number of rotatable bonds is 3. The third-order valence-corrected chi connectivity index (χ3v) is 4.72.